The molecule has 2 rings (SSSR count). The van der Waals surface area contributed by atoms with E-state index in [4.69, 9.17) is 14.0 Å². The van der Waals surface area contributed by atoms with Crippen molar-refractivity contribution in [2.45, 2.75) is 24.5 Å². The molecule has 0 amide bonds. The highest BCUT2D eigenvalue weighted by atomic mass is 31.2. The molecule has 0 radical (unpaired) electrons. The van der Waals surface area contributed by atoms with Crippen molar-refractivity contribution in [1.29, 1.82) is 0 Å². The molecular formula is C12H19N2O8P. The van der Waals surface area contributed by atoms with Gasteiger partial charge in [0.05, 0.1) is 19.9 Å². The number of aromatic amines is 1. The topological polar surface area (TPSA) is 140 Å². The Kier molecular flexibility index (Phi) is 5.12. The Hall–Kier alpha value is -1.45. The van der Waals surface area contributed by atoms with Crippen LogP contribution in [-0.2, 0) is 13.8 Å². The number of nitrogens with zero attached hydrogens (tertiary/aromatic N) is 1. The first-order valence-electron chi connectivity index (χ1n) is 6.74. The maximum atomic E-state index is 11.9. The van der Waals surface area contributed by atoms with Crippen molar-refractivity contribution in [3.63, 3.8) is 0 Å². The van der Waals surface area contributed by atoms with Crippen LogP contribution < -0.4 is 16.0 Å². The molecule has 2 unspecified atom stereocenters. The molecule has 10 nitrogen and oxygen atoms in total. The Bertz CT molecular complexity index is 723. The molecule has 0 saturated carbocycles. The molecular weight excluding hydrogens is 331 g/mol. The molecule has 11 heteroatoms. The molecule has 1 saturated heterocycles. The third-order valence-corrected chi connectivity index (χ3v) is 4.09. The van der Waals surface area contributed by atoms with E-state index in [2.05, 4.69) is 0 Å². The molecule has 2 heterocycles. The van der Waals surface area contributed by atoms with Gasteiger partial charge in [-0.1, -0.05) is 0 Å². The average Bonchev–Trinajstić information content (AvgIpc) is 2.73. The lowest BCUT2D eigenvalue weighted by Crippen LogP contribution is -2.38. The molecule has 0 aromatic carbocycles. The monoisotopic (exact) mass is 350 g/mol. The quantitative estimate of drug-likeness (QED) is 0.558. The Balaban J connectivity index is 2.26. The van der Waals surface area contributed by atoms with Crippen molar-refractivity contribution >= 4 is 7.37 Å². The molecule has 1 aromatic heterocycles. The van der Waals surface area contributed by atoms with E-state index in [9.17, 15) is 24.4 Å². The van der Waals surface area contributed by atoms with Gasteiger partial charge in [-0.3, -0.25) is 18.9 Å². The van der Waals surface area contributed by atoms with Crippen LogP contribution in [0.2, 0.25) is 0 Å². The zero-order valence-electron chi connectivity index (χ0n) is 12.8. The number of H-pyrrole nitrogens is 1. The van der Waals surface area contributed by atoms with Gasteiger partial charge in [-0.15, -0.1) is 0 Å². The van der Waals surface area contributed by atoms with Gasteiger partial charge in [0, 0.05) is 13.3 Å². The van der Waals surface area contributed by atoms with E-state index in [0.29, 0.717) is 0 Å². The van der Waals surface area contributed by atoms with Crippen LogP contribution >= 0.6 is 7.37 Å². The van der Waals surface area contributed by atoms with E-state index in [1.165, 1.54) is 20.4 Å². The second kappa shape index (κ2) is 6.58. The minimum atomic E-state index is -2.79. The number of aromatic nitrogens is 2. The molecule has 0 bridgehead atoms. The molecule has 1 aromatic rings. The predicted molar refractivity (Wildman–Crippen MR) is 79.2 cm³/mol. The lowest BCUT2D eigenvalue weighted by Gasteiger charge is -2.17. The number of nitrogens with one attached hydrogen (secondary N) is 1. The van der Waals surface area contributed by atoms with E-state index in [-0.39, 0.29) is 12.4 Å². The van der Waals surface area contributed by atoms with Crippen LogP contribution in [0.15, 0.2) is 15.8 Å². The van der Waals surface area contributed by atoms with Crippen LogP contribution in [-0.4, -0.2) is 65.1 Å². The summed E-state index contributed by atoms with van der Waals surface area (Å²) in [7, 11) is -1.55. The van der Waals surface area contributed by atoms with Crippen LogP contribution in [0, 0.1) is 0 Å². The third-order valence-electron chi connectivity index (χ3n) is 3.32. The van der Waals surface area contributed by atoms with E-state index in [0.717, 1.165) is 10.8 Å². The Morgan fingerprint density at radius 3 is 2.57 bits per heavy atom. The SMILES string of the molecule is COc1cn([C@@H]2O[C@H](COP(C)(C)=O)C(O)C2O)c(=O)[nH]c1=O. The van der Waals surface area contributed by atoms with Crippen LogP contribution in [0.5, 0.6) is 5.75 Å². The van der Waals surface area contributed by atoms with Crippen molar-refractivity contribution in [2.75, 3.05) is 27.0 Å². The zero-order chi connectivity index (χ0) is 17.4. The molecule has 23 heavy (non-hydrogen) atoms. The minimum absolute atomic E-state index is 0.152. The highest BCUT2D eigenvalue weighted by Gasteiger charge is 2.44. The van der Waals surface area contributed by atoms with Crippen molar-refractivity contribution in [2.24, 2.45) is 0 Å². The number of hydrogen-bond acceptors (Lipinski definition) is 8. The van der Waals surface area contributed by atoms with Gasteiger partial charge in [0.1, 0.15) is 18.3 Å². The standard InChI is InChI=1S/C12H19N2O8P/c1-20-6-4-14(12(18)13-10(6)17)11-9(16)8(15)7(22-11)5-21-23(2,3)19/h4,7-9,11,15-16H,5H2,1-3H3,(H,13,17,18)/t7-,8?,9?,11-/m1/s1. The predicted octanol–water partition coefficient (Wildman–Crippen LogP) is -1.28. The largest absolute Gasteiger partial charge is 0.490 e. The van der Waals surface area contributed by atoms with Gasteiger partial charge < -0.3 is 24.2 Å². The van der Waals surface area contributed by atoms with Gasteiger partial charge in [0.2, 0.25) is 5.75 Å². The molecule has 0 spiro atoms. The fourth-order valence-corrected chi connectivity index (χ4v) is 2.66. The highest BCUT2D eigenvalue weighted by Crippen LogP contribution is 2.39. The summed E-state index contributed by atoms with van der Waals surface area (Å²) in [4.78, 5) is 25.4. The second-order valence-electron chi connectivity index (χ2n) is 5.46. The lowest BCUT2D eigenvalue weighted by molar-refractivity contribution is -0.0514. The zero-order valence-corrected chi connectivity index (χ0v) is 13.7. The second-order valence-corrected chi connectivity index (χ2v) is 8.22. The summed E-state index contributed by atoms with van der Waals surface area (Å²) in [6.45, 7) is 2.59. The molecule has 3 N–H and O–H groups in total. The van der Waals surface area contributed by atoms with E-state index in [1.807, 2.05) is 4.98 Å². The van der Waals surface area contributed by atoms with Crippen LogP contribution in [0.3, 0.4) is 0 Å². The Labute approximate surface area is 131 Å². The average molecular weight is 350 g/mol. The fourth-order valence-electron chi connectivity index (χ4n) is 2.15. The number of aliphatic hydroxyl groups is 2. The number of aliphatic hydroxyl groups excluding tert-OH is 2. The van der Waals surface area contributed by atoms with Crippen molar-refractivity contribution in [3.05, 3.63) is 27.0 Å². The lowest BCUT2D eigenvalue weighted by atomic mass is 10.1. The summed E-state index contributed by atoms with van der Waals surface area (Å²) in [5.41, 5.74) is -1.55. The first kappa shape index (κ1) is 17.9. The van der Waals surface area contributed by atoms with Crippen molar-refractivity contribution < 1.29 is 28.8 Å². The van der Waals surface area contributed by atoms with Crippen LogP contribution in [0.25, 0.3) is 0 Å². The smallest absolute Gasteiger partial charge is 0.330 e. The van der Waals surface area contributed by atoms with Gasteiger partial charge in [0.15, 0.2) is 13.6 Å². The molecule has 1 aliphatic rings. The third kappa shape index (κ3) is 3.91. The van der Waals surface area contributed by atoms with Gasteiger partial charge in [-0.05, 0) is 0 Å². The van der Waals surface area contributed by atoms with Gasteiger partial charge in [0.25, 0.3) is 5.56 Å². The molecule has 4 atom stereocenters. The van der Waals surface area contributed by atoms with Crippen LogP contribution in [0.4, 0.5) is 0 Å². The Morgan fingerprint density at radius 1 is 1.35 bits per heavy atom. The molecule has 130 valence electrons. The number of rotatable bonds is 5. The summed E-state index contributed by atoms with van der Waals surface area (Å²) in [6, 6.07) is 0. The number of methoxy groups -OCH3 is 1. The highest BCUT2D eigenvalue weighted by molar-refractivity contribution is 7.57. The summed E-state index contributed by atoms with van der Waals surface area (Å²) >= 11 is 0. The maximum absolute atomic E-state index is 11.9. The molecule has 1 aliphatic heterocycles. The summed E-state index contributed by atoms with van der Waals surface area (Å²) < 4.78 is 27.8. The van der Waals surface area contributed by atoms with Crippen LogP contribution in [0.1, 0.15) is 6.23 Å². The van der Waals surface area contributed by atoms with Gasteiger partial charge >= 0.3 is 5.69 Å². The van der Waals surface area contributed by atoms with Crippen molar-refractivity contribution in [1.82, 2.24) is 9.55 Å². The van der Waals surface area contributed by atoms with E-state index < -0.39 is 43.2 Å². The van der Waals surface area contributed by atoms with E-state index >= 15 is 0 Å². The van der Waals surface area contributed by atoms with Gasteiger partial charge in [-0.2, -0.15) is 0 Å². The van der Waals surface area contributed by atoms with Gasteiger partial charge in [-0.25, -0.2) is 4.79 Å². The Morgan fingerprint density at radius 2 is 2.00 bits per heavy atom. The first-order chi connectivity index (χ1) is 10.6. The molecule has 1 fully saturated rings. The summed E-state index contributed by atoms with van der Waals surface area (Å²) in [6.07, 6.45) is -3.94. The maximum Gasteiger partial charge on any atom is 0.330 e. The number of hydrogen-bond donors (Lipinski definition) is 3. The summed E-state index contributed by atoms with van der Waals surface area (Å²) in [5.74, 6) is -0.152. The normalized spacial score (nSPS) is 28.0. The fraction of sp³-hybridized carbons (Fsp3) is 0.667. The summed E-state index contributed by atoms with van der Waals surface area (Å²) in [5, 5.41) is 20.1. The van der Waals surface area contributed by atoms with Crippen molar-refractivity contribution in [3.8, 4) is 5.75 Å². The first-order valence-corrected chi connectivity index (χ1v) is 9.26. The minimum Gasteiger partial charge on any atom is -0.490 e. The van der Waals surface area contributed by atoms with E-state index in [1.54, 1.807) is 0 Å². The number of ether oxygens (including phenoxy) is 2. The molecule has 0 aliphatic carbocycles.